The highest BCUT2D eigenvalue weighted by molar-refractivity contribution is 7.99. The van der Waals surface area contributed by atoms with Gasteiger partial charge in [-0.1, -0.05) is 11.6 Å². The number of ether oxygens (including phenoxy) is 1. The molecule has 2 heterocycles. The molecule has 0 amide bonds. The number of pyridine rings is 1. The molecule has 0 radical (unpaired) electrons. The summed E-state index contributed by atoms with van der Waals surface area (Å²) in [6.07, 6.45) is 2.29. The van der Waals surface area contributed by atoms with Crippen LogP contribution in [0.25, 0.3) is 0 Å². The number of carboxylic acid groups (broad SMARTS) is 1. The van der Waals surface area contributed by atoms with Crippen LogP contribution < -0.4 is 0 Å². The van der Waals surface area contributed by atoms with E-state index in [9.17, 15) is 4.79 Å². The van der Waals surface area contributed by atoms with E-state index in [2.05, 4.69) is 4.98 Å². The molecule has 1 saturated heterocycles. The van der Waals surface area contributed by atoms with E-state index in [1.165, 1.54) is 23.9 Å². The fourth-order valence-corrected chi connectivity index (χ4v) is 2.92. The van der Waals surface area contributed by atoms with Crippen molar-refractivity contribution in [3.63, 3.8) is 0 Å². The van der Waals surface area contributed by atoms with E-state index in [-0.39, 0.29) is 11.7 Å². The first-order chi connectivity index (χ1) is 8.16. The third-order valence-electron chi connectivity index (χ3n) is 2.49. The quantitative estimate of drug-likeness (QED) is 0.675. The lowest BCUT2D eigenvalue weighted by atomic mass is 10.3. The van der Waals surface area contributed by atoms with Crippen molar-refractivity contribution >= 4 is 29.3 Å². The predicted molar refractivity (Wildman–Crippen MR) is 65.9 cm³/mol. The standard InChI is InChI=1S/C11H12ClNO3S/c12-9-4-3-8(11(14)15)10(13-9)17-6-7-2-1-5-16-7/h3-4,7H,1-2,5-6H2,(H,14,15). The molecule has 0 aromatic carbocycles. The lowest BCUT2D eigenvalue weighted by molar-refractivity contribution is 0.0692. The summed E-state index contributed by atoms with van der Waals surface area (Å²) in [6.45, 7) is 0.792. The van der Waals surface area contributed by atoms with Crippen LogP contribution in [0.5, 0.6) is 0 Å². The molecule has 1 unspecified atom stereocenters. The van der Waals surface area contributed by atoms with Gasteiger partial charge in [-0.25, -0.2) is 9.78 Å². The fraction of sp³-hybridized carbons (Fsp3) is 0.455. The van der Waals surface area contributed by atoms with Gasteiger partial charge in [0.2, 0.25) is 0 Å². The summed E-state index contributed by atoms with van der Waals surface area (Å²) >= 11 is 7.15. The highest BCUT2D eigenvalue weighted by Crippen LogP contribution is 2.26. The van der Waals surface area contributed by atoms with Crippen LogP contribution in [0.1, 0.15) is 23.2 Å². The average molecular weight is 274 g/mol. The van der Waals surface area contributed by atoms with Crippen molar-refractivity contribution < 1.29 is 14.6 Å². The number of carboxylic acids is 1. The van der Waals surface area contributed by atoms with E-state index >= 15 is 0 Å². The van der Waals surface area contributed by atoms with Crippen LogP contribution in [0.3, 0.4) is 0 Å². The van der Waals surface area contributed by atoms with Crippen molar-refractivity contribution in [1.82, 2.24) is 4.98 Å². The van der Waals surface area contributed by atoms with Gasteiger partial charge < -0.3 is 9.84 Å². The number of aromatic nitrogens is 1. The predicted octanol–water partition coefficient (Wildman–Crippen LogP) is 2.70. The number of hydrogen-bond acceptors (Lipinski definition) is 4. The Morgan fingerprint density at radius 2 is 2.47 bits per heavy atom. The van der Waals surface area contributed by atoms with Gasteiger partial charge in [0.05, 0.1) is 11.7 Å². The summed E-state index contributed by atoms with van der Waals surface area (Å²) in [5.41, 5.74) is 0.192. The van der Waals surface area contributed by atoms with Crippen molar-refractivity contribution in [2.24, 2.45) is 0 Å². The minimum Gasteiger partial charge on any atom is -0.478 e. The van der Waals surface area contributed by atoms with Crippen molar-refractivity contribution in [1.29, 1.82) is 0 Å². The summed E-state index contributed by atoms with van der Waals surface area (Å²) in [5.74, 6) is -0.267. The largest absolute Gasteiger partial charge is 0.478 e. The number of halogens is 1. The Labute approximate surface area is 108 Å². The molecule has 1 N–H and O–H groups in total. The highest BCUT2D eigenvalue weighted by atomic mass is 35.5. The zero-order valence-corrected chi connectivity index (χ0v) is 10.6. The molecule has 1 atom stereocenters. The highest BCUT2D eigenvalue weighted by Gasteiger charge is 2.18. The van der Waals surface area contributed by atoms with E-state index in [1.54, 1.807) is 0 Å². The van der Waals surface area contributed by atoms with Gasteiger partial charge in [-0.15, -0.1) is 11.8 Å². The van der Waals surface area contributed by atoms with E-state index in [4.69, 9.17) is 21.4 Å². The molecule has 17 heavy (non-hydrogen) atoms. The van der Waals surface area contributed by atoms with Gasteiger partial charge in [0, 0.05) is 12.4 Å². The molecular weight excluding hydrogens is 262 g/mol. The number of rotatable bonds is 4. The Balaban J connectivity index is 2.07. The molecule has 0 spiro atoms. The zero-order valence-electron chi connectivity index (χ0n) is 9.06. The molecular formula is C11H12ClNO3S. The summed E-state index contributed by atoms with van der Waals surface area (Å²) in [4.78, 5) is 15.0. The van der Waals surface area contributed by atoms with Crippen LogP contribution in [0.15, 0.2) is 17.2 Å². The van der Waals surface area contributed by atoms with E-state index in [1.807, 2.05) is 0 Å². The van der Waals surface area contributed by atoms with E-state index < -0.39 is 5.97 Å². The first-order valence-electron chi connectivity index (χ1n) is 5.31. The maximum Gasteiger partial charge on any atom is 0.338 e. The molecule has 1 aromatic rings. The van der Waals surface area contributed by atoms with Gasteiger partial charge in [-0.2, -0.15) is 0 Å². The van der Waals surface area contributed by atoms with Crippen molar-refractivity contribution in [2.75, 3.05) is 12.4 Å². The number of hydrogen-bond donors (Lipinski definition) is 1. The second-order valence-corrected chi connectivity index (χ2v) is 5.13. The summed E-state index contributed by atoms with van der Waals surface area (Å²) in [6, 6.07) is 2.97. The topological polar surface area (TPSA) is 59.4 Å². The van der Waals surface area contributed by atoms with Crippen LogP contribution >= 0.6 is 23.4 Å². The Bertz CT molecular complexity index is 421. The van der Waals surface area contributed by atoms with E-state index in [0.717, 1.165) is 19.4 Å². The number of aromatic carboxylic acids is 1. The molecule has 2 rings (SSSR count). The van der Waals surface area contributed by atoms with Crippen LogP contribution in [0, 0.1) is 0 Å². The molecule has 6 heteroatoms. The Hall–Kier alpha value is -0.780. The van der Waals surface area contributed by atoms with Gasteiger partial charge in [0.15, 0.2) is 0 Å². The molecule has 4 nitrogen and oxygen atoms in total. The third-order valence-corrected chi connectivity index (χ3v) is 3.82. The lowest BCUT2D eigenvalue weighted by Crippen LogP contribution is -2.09. The van der Waals surface area contributed by atoms with Crippen LogP contribution in [0.2, 0.25) is 5.15 Å². The number of nitrogens with zero attached hydrogens (tertiary/aromatic N) is 1. The minimum absolute atomic E-state index is 0.192. The normalized spacial score (nSPS) is 19.5. The van der Waals surface area contributed by atoms with Gasteiger partial charge in [0.25, 0.3) is 0 Å². The monoisotopic (exact) mass is 273 g/mol. The summed E-state index contributed by atoms with van der Waals surface area (Å²) < 4.78 is 5.48. The Kier molecular flexibility index (Phi) is 4.25. The summed E-state index contributed by atoms with van der Waals surface area (Å²) in [5, 5.41) is 9.79. The molecule has 1 aliphatic rings. The van der Waals surface area contributed by atoms with Crippen LogP contribution in [-0.2, 0) is 4.74 Å². The van der Waals surface area contributed by atoms with Gasteiger partial charge in [0.1, 0.15) is 10.2 Å². The Morgan fingerprint density at radius 3 is 3.12 bits per heavy atom. The molecule has 92 valence electrons. The molecule has 0 bridgehead atoms. The van der Waals surface area contributed by atoms with Gasteiger partial charge in [-0.3, -0.25) is 0 Å². The molecule has 1 aliphatic heterocycles. The molecule has 0 saturated carbocycles. The minimum atomic E-state index is -0.982. The maximum atomic E-state index is 11.0. The van der Waals surface area contributed by atoms with Gasteiger partial charge in [-0.05, 0) is 25.0 Å². The summed E-state index contributed by atoms with van der Waals surface area (Å²) in [7, 11) is 0. The Morgan fingerprint density at radius 1 is 1.65 bits per heavy atom. The lowest BCUT2D eigenvalue weighted by Gasteiger charge is -2.09. The van der Waals surface area contributed by atoms with Crippen LogP contribution in [0.4, 0.5) is 0 Å². The van der Waals surface area contributed by atoms with Crippen molar-refractivity contribution in [3.8, 4) is 0 Å². The average Bonchev–Trinajstić information content (AvgIpc) is 2.78. The van der Waals surface area contributed by atoms with E-state index in [0.29, 0.717) is 15.9 Å². The molecule has 0 aliphatic carbocycles. The second-order valence-electron chi connectivity index (χ2n) is 3.74. The fourth-order valence-electron chi connectivity index (χ4n) is 1.64. The smallest absolute Gasteiger partial charge is 0.338 e. The second kappa shape index (κ2) is 5.71. The SMILES string of the molecule is O=C(O)c1ccc(Cl)nc1SCC1CCCO1. The number of thioether (sulfide) groups is 1. The maximum absolute atomic E-state index is 11.0. The molecule has 1 aromatic heterocycles. The van der Waals surface area contributed by atoms with Crippen molar-refractivity contribution in [2.45, 2.75) is 24.0 Å². The first kappa shape index (κ1) is 12.7. The third kappa shape index (κ3) is 3.34. The zero-order chi connectivity index (χ0) is 12.3. The van der Waals surface area contributed by atoms with Crippen LogP contribution in [-0.4, -0.2) is 34.5 Å². The van der Waals surface area contributed by atoms with Crippen molar-refractivity contribution in [3.05, 3.63) is 22.8 Å². The van der Waals surface area contributed by atoms with Gasteiger partial charge >= 0.3 is 5.97 Å². The molecule has 1 fully saturated rings. The number of carbonyl (C=O) groups is 1. The first-order valence-corrected chi connectivity index (χ1v) is 6.67.